The summed E-state index contributed by atoms with van der Waals surface area (Å²) < 4.78 is 8.24. The number of halogens is 1. The van der Waals surface area contributed by atoms with Crippen molar-refractivity contribution in [2.24, 2.45) is 0 Å². The summed E-state index contributed by atoms with van der Waals surface area (Å²) in [5, 5.41) is 4.25. The van der Waals surface area contributed by atoms with Crippen LogP contribution in [0.25, 0.3) is 0 Å². The predicted octanol–water partition coefficient (Wildman–Crippen LogP) is 3.76. The van der Waals surface area contributed by atoms with Gasteiger partial charge >= 0.3 is 0 Å². The van der Waals surface area contributed by atoms with Crippen LogP contribution in [0.2, 0.25) is 0 Å². The van der Waals surface area contributed by atoms with Gasteiger partial charge in [0, 0.05) is 19.1 Å². The second kappa shape index (κ2) is 6.66. The number of rotatable bonds is 5. The number of nitrogens with zero attached hydrogens (tertiary/aromatic N) is 2. The molecule has 1 saturated heterocycles. The Kier molecular flexibility index (Phi) is 5.16. The zero-order valence-electron chi connectivity index (χ0n) is 11.6. The van der Waals surface area contributed by atoms with E-state index < -0.39 is 0 Å². The molecule has 1 atom stereocenters. The normalized spacial score (nSPS) is 19.9. The van der Waals surface area contributed by atoms with Crippen molar-refractivity contribution in [1.82, 2.24) is 9.78 Å². The van der Waals surface area contributed by atoms with E-state index in [1.165, 1.54) is 6.42 Å². The van der Waals surface area contributed by atoms with Crippen molar-refractivity contribution in [2.45, 2.75) is 58.1 Å². The highest BCUT2D eigenvalue weighted by Crippen LogP contribution is 2.23. The second-order valence-electron chi connectivity index (χ2n) is 5.33. The minimum atomic E-state index is 0.146. The Bertz CT molecular complexity index is 437. The average Bonchev–Trinajstić information content (AvgIpc) is 2.79. The van der Waals surface area contributed by atoms with Gasteiger partial charge in [-0.25, -0.2) is 0 Å². The molecule has 0 amide bonds. The Hall–Kier alpha value is -0.680. The Morgan fingerprint density at radius 2 is 2.37 bits per heavy atom. The minimum Gasteiger partial charge on any atom is -0.378 e. The van der Waals surface area contributed by atoms with Crippen LogP contribution in [0, 0.1) is 0 Å². The maximum atomic E-state index is 12.3. The van der Waals surface area contributed by atoms with Gasteiger partial charge < -0.3 is 4.74 Å². The predicted molar refractivity (Wildman–Crippen MR) is 77.5 cm³/mol. The van der Waals surface area contributed by atoms with E-state index in [-0.39, 0.29) is 17.9 Å². The lowest BCUT2D eigenvalue weighted by Gasteiger charge is -2.22. The molecule has 0 radical (unpaired) electrons. The smallest absolute Gasteiger partial charge is 0.182 e. The van der Waals surface area contributed by atoms with E-state index in [4.69, 9.17) is 4.74 Å². The maximum absolute atomic E-state index is 12.3. The number of carbonyl (C=O) groups is 1. The van der Waals surface area contributed by atoms with E-state index in [0.29, 0.717) is 12.1 Å². The van der Waals surface area contributed by atoms with Gasteiger partial charge in [-0.2, -0.15) is 5.10 Å². The largest absolute Gasteiger partial charge is 0.378 e. The number of Topliss-reactive ketones (excluding diaryl/α,β-unsaturated/α-hetero) is 1. The molecule has 106 valence electrons. The number of ether oxygens (including phenoxy) is 1. The molecule has 19 heavy (non-hydrogen) atoms. The molecule has 4 nitrogen and oxygen atoms in total. The third kappa shape index (κ3) is 3.66. The van der Waals surface area contributed by atoms with E-state index in [2.05, 4.69) is 21.0 Å². The summed E-state index contributed by atoms with van der Waals surface area (Å²) in [6, 6.07) is 0.191. The summed E-state index contributed by atoms with van der Waals surface area (Å²) in [7, 11) is 0. The van der Waals surface area contributed by atoms with Crippen molar-refractivity contribution in [2.75, 3.05) is 6.61 Å². The molecule has 1 aliphatic rings. The average molecular weight is 329 g/mol. The van der Waals surface area contributed by atoms with E-state index >= 15 is 0 Å². The number of carbonyl (C=O) groups excluding carboxylic acids is 1. The molecule has 1 aromatic heterocycles. The SMILES string of the molecule is CC(C)n1ncc(Br)c1C(=O)CCC1CCCCO1. The van der Waals surface area contributed by atoms with Gasteiger partial charge in [0.25, 0.3) is 0 Å². The quantitative estimate of drug-likeness (QED) is 0.773. The molecular formula is C14H21BrN2O2. The number of hydrogen-bond acceptors (Lipinski definition) is 3. The number of ketones is 1. The number of aromatic nitrogens is 2. The van der Waals surface area contributed by atoms with Crippen LogP contribution in [-0.4, -0.2) is 28.3 Å². The van der Waals surface area contributed by atoms with Crippen molar-refractivity contribution < 1.29 is 9.53 Å². The van der Waals surface area contributed by atoms with Gasteiger partial charge in [0.15, 0.2) is 5.78 Å². The van der Waals surface area contributed by atoms with Crippen molar-refractivity contribution in [3.63, 3.8) is 0 Å². The van der Waals surface area contributed by atoms with Crippen LogP contribution < -0.4 is 0 Å². The molecule has 1 aromatic rings. The first-order valence-corrected chi connectivity index (χ1v) is 7.76. The highest BCUT2D eigenvalue weighted by atomic mass is 79.9. The Morgan fingerprint density at radius 1 is 1.58 bits per heavy atom. The fraction of sp³-hybridized carbons (Fsp3) is 0.714. The first-order chi connectivity index (χ1) is 9.09. The minimum absolute atomic E-state index is 0.146. The monoisotopic (exact) mass is 328 g/mol. The summed E-state index contributed by atoms with van der Waals surface area (Å²) in [6.45, 7) is 4.90. The molecule has 1 unspecified atom stereocenters. The third-order valence-electron chi connectivity index (χ3n) is 3.47. The molecule has 0 spiro atoms. The van der Waals surface area contributed by atoms with Gasteiger partial charge in [0.2, 0.25) is 0 Å². The van der Waals surface area contributed by atoms with Crippen LogP contribution in [0.5, 0.6) is 0 Å². The Morgan fingerprint density at radius 3 is 3.00 bits per heavy atom. The first-order valence-electron chi connectivity index (χ1n) is 6.97. The highest BCUT2D eigenvalue weighted by Gasteiger charge is 2.21. The van der Waals surface area contributed by atoms with Crippen LogP contribution in [0.4, 0.5) is 0 Å². The fourth-order valence-electron chi connectivity index (χ4n) is 2.44. The molecule has 0 N–H and O–H groups in total. The van der Waals surface area contributed by atoms with E-state index in [1.807, 2.05) is 13.8 Å². The molecule has 1 aliphatic heterocycles. The van der Waals surface area contributed by atoms with E-state index in [1.54, 1.807) is 10.9 Å². The molecule has 2 heterocycles. The summed E-state index contributed by atoms with van der Waals surface area (Å²) in [6.07, 6.45) is 6.74. The molecule has 2 rings (SSSR count). The summed E-state index contributed by atoms with van der Waals surface area (Å²) in [5.41, 5.74) is 0.686. The molecule has 0 saturated carbocycles. The standard InChI is InChI=1S/C14H21BrN2O2/c1-10(2)17-14(12(15)9-16-17)13(18)7-6-11-5-3-4-8-19-11/h9-11H,3-8H2,1-2H3. The third-order valence-corrected chi connectivity index (χ3v) is 4.05. The summed E-state index contributed by atoms with van der Waals surface area (Å²) >= 11 is 3.42. The summed E-state index contributed by atoms with van der Waals surface area (Å²) in [4.78, 5) is 12.3. The van der Waals surface area contributed by atoms with Crippen LogP contribution >= 0.6 is 15.9 Å². The lowest BCUT2D eigenvalue weighted by atomic mass is 10.0. The van der Waals surface area contributed by atoms with Crippen LogP contribution in [0.3, 0.4) is 0 Å². The van der Waals surface area contributed by atoms with Crippen molar-refractivity contribution in [3.05, 3.63) is 16.4 Å². The molecule has 0 aromatic carbocycles. The molecular weight excluding hydrogens is 308 g/mol. The molecule has 0 bridgehead atoms. The first kappa shape index (κ1) is 14.7. The van der Waals surface area contributed by atoms with Gasteiger partial charge in [-0.05, 0) is 55.5 Å². The molecule has 5 heteroatoms. The lowest BCUT2D eigenvalue weighted by Crippen LogP contribution is -2.21. The van der Waals surface area contributed by atoms with Gasteiger partial charge in [0.05, 0.1) is 16.8 Å². The highest BCUT2D eigenvalue weighted by molar-refractivity contribution is 9.10. The van der Waals surface area contributed by atoms with Crippen molar-refractivity contribution >= 4 is 21.7 Å². The summed E-state index contributed by atoms with van der Waals surface area (Å²) in [5.74, 6) is 0.146. The zero-order valence-corrected chi connectivity index (χ0v) is 13.1. The Labute approximate surface area is 122 Å². The number of hydrogen-bond donors (Lipinski definition) is 0. The van der Waals surface area contributed by atoms with E-state index in [9.17, 15) is 4.79 Å². The van der Waals surface area contributed by atoms with E-state index in [0.717, 1.165) is 30.3 Å². The Balaban J connectivity index is 1.97. The van der Waals surface area contributed by atoms with Crippen molar-refractivity contribution in [3.8, 4) is 0 Å². The maximum Gasteiger partial charge on any atom is 0.182 e. The second-order valence-corrected chi connectivity index (χ2v) is 6.18. The fourth-order valence-corrected chi connectivity index (χ4v) is 2.93. The molecule has 0 aliphatic carbocycles. The van der Waals surface area contributed by atoms with Gasteiger partial charge in [0.1, 0.15) is 5.69 Å². The zero-order chi connectivity index (χ0) is 13.8. The van der Waals surface area contributed by atoms with Crippen molar-refractivity contribution in [1.29, 1.82) is 0 Å². The van der Waals surface area contributed by atoms with Crippen LogP contribution in [0.1, 0.15) is 62.5 Å². The molecule has 1 fully saturated rings. The lowest BCUT2D eigenvalue weighted by molar-refractivity contribution is 0.0104. The van der Waals surface area contributed by atoms with Crippen LogP contribution in [0.15, 0.2) is 10.7 Å². The van der Waals surface area contributed by atoms with Gasteiger partial charge in [-0.15, -0.1) is 0 Å². The topological polar surface area (TPSA) is 44.1 Å². The van der Waals surface area contributed by atoms with Gasteiger partial charge in [-0.3, -0.25) is 9.48 Å². The van der Waals surface area contributed by atoms with Crippen LogP contribution in [-0.2, 0) is 4.74 Å². The van der Waals surface area contributed by atoms with Gasteiger partial charge in [-0.1, -0.05) is 0 Å².